The Labute approximate surface area is 146 Å². The number of aryl methyl sites for hydroxylation is 2. The zero-order valence-corrected chi connectivity index (χ0v) is 15.5. The summed E-state index contributed by atoms with van der Waals surface area (Å²) in [6.45, 7) is 5.48. The van der Waals surface area contributed by atoms with Gasteiger partial charge in [0.2, 0.25) is 0 Å². The van der Waals surface area contributed by atoms with Gasteiger partial charge in [0.1, 0.15) is 10.7 Å². The molecule has 24 heavy (non-hydrogen) atoms. The van der Waals surface area contributed by atoms with Crippen LogP contribution in [0.15, 0.2) is 4.79 Å². The first-order valence-electron chi connectivity index (χ1n) is 8.82. The Kier molecular flexibility index (Phi) is 5.04. The van der Waals surface area contributed by atoms with Crippen LogP contribution in [0, 0.1) is 6.92 Å². The Bertz CT molecular complexity index is 822. The molecular formula is C18H25N3O2S. The minimum atomic E-state index is 0.00328. The summed E-state index contributed by atoms with van der Waals surface area (Å²) in [6, 6.07) is 0. The second-order valence-electron chi connectivity index (χ2n) is 6.61. The number of rotatable bonds is 4. The van der Waals surface area contributed by atoms with Gasteiger partial charge in [-0.3, -0.25) is 14.2 Å². The van der Waals surface area contributed by atoms with E-state index in [4.69, 9.17) is 4.98 Å². The molecule has 0 saturated heterocycles. The molecule has 0 spiro atoms. The predicted molar refractivity (Wildman–Crippen MR) is 98.0 cm³/mol. The first kappa shape index (κ1) is 17.1. The van der Waals surface area contributed by atoms with Crippen molar-refractivity contribution in [3.63, 3.8) is 0 Å². The summed E-state index contributed by atoms with van der Waals surface area (Å²) in [4.78, 5) is 33.5. The van der Waals surface area contributed by atoms with Crippen molar-refractivity contribution in [3.05, 3.63) is 26.6 Å². The Morgan fingerprint density at radius 3 is 2.88 bits per heavy atom. The predicted octanol–water partition coefficient (Wildman–Crippen LogP) is 3.36. The quantitative estimate of drug-likeness (QED) is 0.852. The van der Waals surface area contributed by atoms with Crippen LogP contribution in [0.2, 0.25) is 0 Å². The lowest BCUT2D eigenvalue weighted by Gasteiger charge is -2.16. The Balaban J connectivity index is 2.06. The lowest BCUT2D eigenvalue weighted by Crippen LogP contribution is -2.27. The fraction of sp³-hybridized carbons (Fsp3) is 0.611. The van der Waals surface area contributed by atoms with E-state index in [0.29, 0.717) is 10.3 Å². The fourth-order valence-electron chi connectivity index (χ4n) is 3.28. The molecule has 0 N–H and O–H groups in total. The van der Waals surface area contributed by atoms with Gasteiger partial charge in [-0.1, -0.05) is 19.8 Å². The average Bonchev–Trinajstić information content (AvgIpc) is 2.74. The molecule has 3 rings (SSSR count). The normalized spacial score (nSPS) is 14.5. The molecule has 3 heterocycles. The Hall–Kier alpha value is -1.69. The van der Waals surface area contributed by atoms with Crippen molar-refractivity contribution >= 4 is 27.5 Å². The Morgan fingerprint density at radius 2 is 2.12 bits per heavy atom. The van der Waals surface area contributed by atoms with Crippen molar-refractivity contribution in [3.8, 4) is 0 Å². The van der Waals surface area contributed by atoms with E-state index in [2.05, 4.69) is 6.92 Å². The molecule has 0 radical (unpaired) electrons. The number of nitrogens with zero attached hydrogens (tertiary/aromatic N) is 3. The van der Waals surface area contributed by atoms with E-state index in [9.17, 15) is 9.59 Å². The standard InChI is InChI=1S/C18H25N3O2S/c1-4-5-10-20(3)18(23)15-12(2)14-16(24-15)19-13-9-7-6-8-11-21(13)17(14)22/h4-11H2,1-3H3. The maximum absolute atomic E-state index is 12.9. The number of hydrogen-bond donors (Lipinski definition) is 0. The summed E-state index contributed by atoms with van der Waals surface area (Å²) in [6.07, 6.45) is 6.13. The number of aromatic nitrogens is 2. The molecule has 1 aliphatic heterocycles. The molecular weight excluding hydrogens is 322 g/mol. The highest BCUT2D eigenvalue weighted by molar-refractivity contribution is 7.20. The van der Waals surface area contributed by atoms with Crippen molar-refractivity contribution in [2.75, 3.05) is 13.6 Å². The SMILES string of the molecule is CCCCN(C)C(=O)c1sc2nc3n(c(=O)c2c1C)CCCCC3. The highest BCUT2D eigenvalue weighted by atomic mass is 32.1. The van der Waals surface area contributed by atoms with Crippen LogP contribution in [-0.4, -0.2) is 34.0 Å². The fourth-order valence-corrected chi connectivity index (χ4v) is 4.47. The van der Waals surface area contributed by atoms with E-state index >= 15 is 0 Å². The number of thiophene rings is 1. The minimum absolute atomic E-state index is 0.00328. The van der Waals surface area contributed by atoms with E-state index in [1.165, 1.54) is 11.3 Å². The number of unbranched alkanes of at least 4 members (excludes halogenated alkanes) is 1. The Morgan fingerprint density at radius 1 is 1.33 bits per heavy atom. The van der Waals surface area contributed by atoms with Crippen LogP contribution < -0.4 is 5.56 Å². The third-order valence-corrected chi connectivity index (χ3v) is 5.97. The zero-order valence-electron chi connectivity index (χ0n) is 14.7. The molecule has 6 heteroatoms. The number of carbonyl (C=O) groups excluding carboxylic acids is 1. The molecule has 0 aliphatic carbocycles. The van der Waals surface area contributed by atoms with Gasteiger partial charge in [0.15, 0.2) is 0 Å². The van der Waals surface area contributed by atoms with E-state index < -0.39 is 0 Å². The maximum Gasteiger partial charge on any atom is 0.264 e. The average molecular weight is 347 g/mol. The summed E-state index contributed by atoms with van der Waals surface area (Å²) in [5.41, 5.74) is 0.821. The van der Waals surface area contributed by atoms with Gasteiger partial charge < -0.3 is 4.90 Å². The highest BCUT2D eigenvalue weighted by Crippen LogP contribution is 2.29. The third kappa shape index (κ3) is 2.99. The summed E-state index contributed by atoms with van der Waals surface area (Å²) in [5, 5.41) is 0.637. The number of carbonyl (C=O) groups is 1. The smallest absolute Gasteiger partial charge is 0.264 e. The van der Waals surface area contributed by atoms with Gasteiger partial charge >= 0.3 is 0 Å². The molecule has 0 saturated carbocycles. The maximum atomic E-state index is 12.9. The van der Waals surface area contributed by atoms with Gasteiger partial charge in [-0.25, -0.2) is 4.98 Å². The molecule has 0 bridgehead atoms. The summed E-state index contributed by atoms with van der Waals surface area (Å²) < 4.78 is 1.82. The minimum Gasteiger partial charge on any atom is -0.341 e. The van der Waals surface area contributed by atoms with Crippen molar-refractivity contribution in [2.24, 2.45) is 0 Å². The van der Waals surface area contributed by atoms with Crippen LogP contribution >= 0.6 is 11.3 Å². The molecule has 5 nitrogen and oxygen atoms in total. The summed E-state index contributed by atoms with van der Waals surface area (Å²) in [7, 11) is 1.83. The molecule has 0 aromatic carbocycles. The van der Waals surface area contributed by atoms with E-state index in [-0.39, 0.29) is 11.5 Å². The number of amides is 1. The van der Waals surface area contributed by atoms with E-state index in [1.54, 1.807) is 4.90 Å². The van der Waals surface area contributed by atoms with Crippen LogP contribution in [0.1, 0.15) is 60.1 Å². The van der Waals surface area contributed by atoms with Gasteiger partial charge in [0.05, 0.1) is 10.3 Å². The molecule has 0 unspecified atom stereocenters. The monoisotopic (exact) mass is 347 g/mol. The van der Waals surface area contributed by atoms with E-state index in [0.717, 1.165) is 67.8 Å². The van der Waals surface area contributed by atoms with Gasteiger partial charge in [-0.15, -0.1) is 11.3 Å². The van der Waals surface area contributed by atoms with Crippen molar-refractivity contribution in [2.45, 2.75) is 58.9 Å². The second-order valence-corrected chi connectivity index (χ2v) is 7.61. The lowest BCUT2D eigenvalue weighted by atomic mass is 10.2. The summed E-state index contributed by atoms with van der Waals surface area (Å²) in [5.74, 6) is 0.883. The molecule has 2 aromatic rings. The topological polar surface area (TPSA) is 55.2 Å². The van der Waals surface area contributed by atoms with Crippen LogP contribution in [0.3, 0.4) is 0 Å². The number of fused-ring (bicyclic) bond motifs is 2. The van der Waals surface area contributed by atoms with Gasteiger partial charge in [0, 0.05) is 26.6 Å². The van der Waals surface area contributed by atoms with Crippen LogP contribution in [0.5, 0.6) is 0 Å². The summed E-state index contributed by atoms with van der Waals surface area (Å²) >= 11 is 1.37. The lowest BCUT2D eigenvalue weighted by molar-refractivity contribution is 0.0797. The molecule has 0 atom stereocenters. The van der Waals surface area contributed by atoms with Gasteiger partial charge in [-0.2, -0.15) is 0 Å². The van der Waals surface area contributed by atoms with Crippen LogP contribution in [-0.2, 0) is 13.0 Å². The molecule has 130 valence electrons. The van der Waals surface area contributed by atoms with Gasteiger partial charge in [0.25, 0.3) is 11.5 Å². The van der Waals surface area contributed by atoms with Crippen LogP contribution in [0.25, 0.3) is 10.2 Å². The van der Waals surface area contributed by atoms with E-state index in [1.807, 2.05) is 18.5 Å². The third-order valence-electron chi connectivity index (χ3n) is 4.80. The molecule has 1 aliphatic rings. The van der Waals surface area contributed by atoms with Gasteiger partial charge in [-0.05, 0) is 31.7 Å². The largest absolute Gasteiger partial charge is 0.341 e. The van der Waals surface area contributed by atoms with Crippen LogP contribution in [0.4, 0.5) is 0 Å². The molecule has 1 amide bonds. The molecule has 2 aromatic heterocycles. The zero-order chi connectivity index (χ0) is 17.3. The van der Waals surface area contributed by atoms with Crippen molar-refractivity contribution in [1.29, 1.82) is 0 Å². The first-order chi connectivity index (χ1) is 11.5. The van der Waals surface area contributed by atoms with Crippen molar-refractivity contribution in [1.82, 2.24) is 14.5 Å². The first-order valence-corrected chi connectivity index (χ1v) is 9.64. The highest BCUT2D eigenvalue weighted by Gasteiger charge is 2.23. The second kappa shape index (κ2) is 7.05. The van der Waals surface area contributed by atoms with Crippen molar-refractivity contribution < 1.29 is 4.79 Å². The molecule has 0 fully saturated rings. The number of hydrogen-bond acceptors (Lipinski definition) is 4.